The number of aromatic nitrogens is 3. The number of sulfonamides is 1. The standard InChI is InChI=1S/C21H24F2N6O3S/c1-2-9-33(31,32)29-15-4-3-14(22)17(18(15)23)21(30)26-13-10-16-20(25-11-13)28-19(27-16)12-5-7-24-8-6-12/h3-4,10-12,24,29H,2,5-9H2,1H3,(H,26,30)(H,25,27,28)/p+1. The van der Waals surface area contributed by atoms with Gasteiger partial charge in [-0.15, -0.1) is 0 Å². The third kappa shape index (κ3) is 5.11. The van der Waals surface area contributed by atoms with E-state index in [1.165, 1.54) is 6.20 Å². The molecule has 5 N–H and O–H groups in total. The third-order valence-corrected chi connectivity index (χ3v) is 6.93. The number of halogens is 2. The van der Waals surface area contributed by atoms with E-state index in [-0.39, 0.29) is 11.4 Å². The van der Waals surface area contributed by atoms with Gasteiger partial charge in [0.2, 0.25) is 15.8 Å². The lowest BCUT2D eigenvalue weighted by Gasteiger charge is -2.18. The number of fused-ring (bicyclic) bond motifs is 1. The first kappa shape index (κ1) is 23.1. The Morgan fingerprint density at radius 1 is 1.27 bits per heavy atom. The molecule has 33 heavy (non-hydrogen) atoms. The molecule has 0 atom stereocenters. The van der Waals surface area contributed by atoms with E-state index in [1.54, 1.807) is 13.0 Å². The van der Waals surface area contributed by atoms with E-state index in [0.717, 1.165) is 43.9 Å². The smallest absolute Gasteiger partial charge is 0.319 e. The second-order valence-corrected chi connectivity index (χ2v) is 9.80. The van der Waals surface area contributed by atoms with E-state index >= 15 is 0 Å². The zero-order valence-corrected chi connectivity index (χ0v) is 18.8. The van der Waals surface area contributed by atoms with Crippen LogP contribution < -0.4 is 20.3 Å². The summed E-state index contributed by atoms with van der Waals surface area (Å²) in [6.45, 7) is 3.48. The molecule has 1 aromatic carbocycles. The highest BCUT2D eigenvalue weighted by Gasteiger charge is 2.26. The second kappa shape index (κ2) is 9.40. The number of carbonyl (C=O) groups excluding carboxylic acids is 1. The molecule has 0 bridgehead atoms. The number of benzene rings is 1. The van der Waals surface area contributed by atoms with Crippen LogP contribution in [0.3, 0.4) is 0 Å². The summed E-state index contributed by atoms with van der Waals surface area (Å²) in [5.41, 5.74) is 0.141. The van der Waals surface area contributed by atoms with Gasteiger partial charge in [0.25, 0.3) is 5.91 Å². The van der Waals surface area contributed by atoms with Crippen molar-refractivity contribution in [1.82, 2.24) is 15.3 Å². The van der Waals surface area contributed by atoms with Crippen molar-refractivity contribution in [3.05, 3.63) is 47.4 Å². The summed E-state index contributed by atoms with van der Waals surface area (Å²) in [7, 11) is -3.82. The Balaban J connectivity index is 1.56. The molecule has 3 heterocycles. The van der Waals surface area contributed by atoms with E-state index < -0.39 is 38.8 Å². The van der Waals surface area contributed by atoms with Gasteiger partial charge < -0.3 is 15.6 Å². The lowest BCUT2D eigenvalue weighted by Crippen LogP contribution is -2.27. The van der Waals surface area contributed by atoms with Crippen LogP contribution in [-0.4, -0.2) is 43.1 Å². The quantitative estimate of drug-likeness (QED) is 0.414. The first-order valence-corrected chi connectivity index (χ1v) is 12.3. The first-order valence-electron chi connectivity index (χ1n) is 10.7. The number of amides is 1. The fraction of sp³-hybridized carbons (Fsp3) is 0.381. The SMILES string of the molecule is CCCS(=O)(=O)Nc1ccc(F)c(C(=O)Nc2c[nH+]c3nc(C4CCNCC4)[nH]c3c2)c1F. The Kier molecular flexibility index (Phi) is 6.56. The van der Waals surface area contributed by atoms with Crippen LogP contribution in [0.1, 0.15) is 48.3 Å². The average Bonchev–Trinajstić information content (AvgIpc) is 3.20. The van der Waals surface area contributed by atoms with Crippen molar-refractivity contribution in [2.45, 2.75) is 32.1 Å². The summed E-state index contributed by atoms with van der Waals surface area (Å²) < 4.78 is 55.2. The van der Waals surface area contributed by atoms with Crippen LogP contribution in [0.4, 0.5) is 20.2 Å². The summed E-state index contributed by atoms with van der Waals surface area (Å²) in [5.74, 6) is -2.53. The number of imidazole rings is 1. The summed E-state index contributed by atoms with van der Waals surface area (Å²) >= 11 is 0. The molecule has 176 valence electrons. The van der Waals surface area contributed by atoms with Crippen LogP contribution in [0, 0.1) is 11.6 Å². The Morgan fingerprint density at radius 3 is 2.76 bits per heavy atom. The predicted octanol–water partition coefficient (Wildman–Crippen LogP) is 2.53. The monoisotopic (exact) mass is 479 g/mol. The molecule has 4 rings (SSSR count). The van der Waals surface area contributed by atoms with Crippen LogP contribution in [0.5, 0.6) is 0 Å². The van der Waals surface area contributed by atoms with Gasteiger partial charge in [-0.3, -0.25) is 9.52 Å². The van der Waals surface area contributed by atoms with Crippen molar-refractivity contribution in [3.63, 3.8) is 0 Å². The highest BCUT2D eigenvalue weighted by atomic mass is 32.2. The summed E-state index contributed by atoms with van der Waals surface area (Å²) in [6, 6.07) is 3.41. The van der Waals surface area contributed by atoms with Crippen LogP contribution in [0.2, 0.25) is 0 Å². The molecule has 1 saturated heterocycles. The van der Waals surface area contributed by atoms with E-state index in [1.807, 2.05) is 0 Å². The lowest BCUT2D eigenvalue weighted by atomic mass is 9.98. The topological polar surface area (TPSA) is 130 Å². The molecule has 9 nitrogen and oxygen atoms in total. The molecular weight excluding hydrogens is 454 g/mol. The van der Waals surface area contributed by atoms with Gasteiger partial charge in [0, 0.05) is 5.92 Å². The molecule has 1 aliphatic rings. The number of rotatable bonds is 7. The Bertz CT molecular complexity index is 1290. The minimum atomic E-state index is -3.82. The lowest BCUT2D eigenvalue weighted by molar-refractivity contribution is -0.346. The highest BCUT2D eigenvalue weighted by Crippen LogP contribution is 2.26. The zero-order valence-electron chi connectivity index (χ0n) is 18.0. The first-order chi connectivity index (χ1) is 15.8. The largest absolute Gasteiger partial charge is 0.346 e. The molecule has 0 radical (unpaired) electrons. The molecule has 1 aliphatic heterocycles. The van der Waals surface area contributed by atoms with E-state index in [2.05, 4.69) is 30.3 Å². The number of nitrogens with zero attached hydrogens (tertiary/aromatic N) is 1. The van der Waals surface area contributed by atoms with Crippen molar-refractivity contribution in [2.75, 3.05) is 28.9 Å². The Hall–Kier alpha value is -3.12. The van der Waals surface area contributed by atoms with Gasteiger partial charge in [-0.25, -0.2) is 22.2 Å². The number of nitrogens with one attached hydrogen (secondary N) is 5. The number of carbonyl (C=O) groups is 1. The van der Waals surface area contributed by atoms with E-state index in [4.69, 9.17) is 0 Å². The number of hydrogen-bond acceptors (Lipinski definition) is 5. The van der Waals surface area contributed by atoms with Crippen molar-refractivity contribution in [3.8, 4) is 0 Å². The van der Waals surface area contributed by atoms with Crippen LogP contribution in [-0.2, 0) is 10.0 Å². The van der Waals surface area contributed by atoms with E-state index in [9.17, 15) is 22.0 Å². The number of H-pyrrole nitrogens is 2. The Labute approximate surface area is 189 Å². The molecule has 0 aliphatic carbocycles. The van der Waals surface area contributed by atoms with Gasteiger partial charge in [0.15, 0.2) is 5.82 Å². The van der Waals surface area contributed by atoms with Crippen LogP contribution in [0.25, 0.3) is 11.2 Å². The minimum absolute atomic E-state index is 0.231. The maximum absolute atomic E-state index is 14.9. The van der Waals surface area contributed by atoms with Gasteiger partial charge in [0.1, 0.15) is 23.1 Å². The molecule has 12 heteroatoms. The molecule has 2 aromatic heterocycles. The van der Waals surface area contributed by atoms with Crippen LogP contribution in [0.15, 0.2) is 24.4 Å². The van der Waals surface area contributed by atoms with Gasteiger partial charge in [-0.2, -0.15) is 0 Å². The number of anilines is 2. The predicted molar refractivity (Wildman–Crippen MR) is 120 cm³/mol. The molecule has 1 amide bonds. The number of aromatic amines is 2. The van der Waals surface area contributed by atoms with Gasteiger partial charge >= 0.3 is 5.65 Å². The minimum Gasteiger partial charge on any atom is -0.319 e. The molecule has 0 spiro atoms. The zero-order chi connectivity index (χ0) is 23.6. The average molecular weight is 480 g/mol. The molecular formula is C21H25F2N6O3S+. The Morgan fingerprint density at radius 2 is 2.03 bits per heavy atom. The number of hydrogen-bond donors (Lipinski definition) is 4. The van der Waals surface area contributed by atoms with E-state index in [0.29, 0.717) is 23.5 Å². The second-order valence-electron chi connectivity index (χ2n) is 7.96. The van der Waals surface area contributed by atoms with Gasteiger partial charge in [0.05, 0.1) is 17.1 Å². The van der Waals surface area contributed by atoms with Gasteiger partial charge in [-0.05, 0) is 55.5 Å². The maximum Gasteiger partial charge on any atom is 0.346 e. The van der Waals surface area contributed by atoms with Crippen molar-refractivity contribution >= 4 is 38.5 Å². The fourth-order valence-electron chi connectivity index (χ4n) is 3.84. The molecule has 3 aromatic rings. The van der Waals surface area contributed by atoms with Crippen molar-refractivity contribution in [1.29, 1.82) is 0 Å². The maximum atomic E-state index is 14.9. The molecule has 0 unspecified atom stereocenters. The van der Waals surface area contributed by atoms with Gasteiger partial charge in [-0.1, -0.05) is 6.92 Å². The summed E-state index contributed by atoms with van der Waals surface area (Å²) in [5, 5.41) is 5.75. The van der Waals surface area contributed by atoms with Crippen LogP contribution >= 0.6 is 0 Å². The molecule has 1 fully saturated rings. The highest BCUT2D eigenvalue weighted by molar-refractivity contribution is 7.92. The van der Waals surface area contributed by atoms with Crippen molar-refractivity contribution < 1.29 is 27.0 Å². The number of pyridine rings is 1. The number of piperidine rings is 1. The molecule has 0 saturated carbocycles. The normalized spacial score (nSPS) is 15.0. The third-order valence-electron chi connectivity index (χ3n) is 5.45. The fourth-order valence-corrected chi connectivity index (χ4v) is 4.98. The summed E-state index contributed by atoms with van der Waals surface area (Å²) in [6.07, 6.45) is 3.70. The van der Waals surface area contributed by atoms with Crippen molar-refractivity contribution in [2.24, 2.45) is 0 Å². The summed E-state index contributed by atoms with van der Waals surface area (Å²) in [4.78, 5) is 23.5.